The zero-order valence-corrected chi connectivity index (χ0v) is 28.8. The number of rotatable bonds is 6. The van der Waals surface area contributed by atoms with Crippen molar-refractivity contribution in [2.24, 2.45) is 0 Å². The lowest BCUT2D eigenvalue weighted by atomic mass is 9.89. The van der Waals surface area contributed by atoms with Crippen molar-refractivity contribution in [1.82, 2.24) is 0 Å². The van der Waals surface area contributed by atoms with Gasteiger partial charge in [0.1, 0.15) is 4.49 Å². The maximum atomic E-state index is 11.1. The van der Waals surface area contributed by atoms with Gasteiger partial charge in [0.15, 0.2) is 13.5 Å². The Bertz CT molecular complexity index is 831. The van der Waals surface area contributed by atoms with Crippen LogP contribution in [0, 0.1) is 0 Å². The Balaban J connectivity index is 0. The highest BCUT2D eigenvalue weighted by atomic mass is 35.6. The van der Waals surface area contributed by atoms with E-state index in [-0.39, 0.29) is 0 Å². The molecule has 0 radical (unpaired) electrons. The van der Waals surface area contributed by atoms with Crippen LogP contribution >= 0.6 is 209 Å². The highest BCUT2D eigenvalue weighted by molar-refractivity contribution is 7.66. The number of hydrogen-bond acceptors (Lipinski definition) is 4. The second-order valence-corrected chi connectivity index (χ2v) is 17.4. The van der Waals surface area contributed by atoms with Gasteiger partial charge in [-0.05, 0) is 0 Å². The van der Waals surface area contributed by atoms with Crippen molar-refractivity contribution in [2.75, 3.05) is 0 Å². The molecule has 3 unspecified atom stereocenters. The maximum absolute atomic E-state index is 11.1. The quantitative estimate of drug-likeness (QED) is 0.141. The van der Waals surface area contributed by atoms with Crippen LogP contribution in [-0.4, -0.2) is 54.2 Å². The van der Waals surface area contributed by atoms with Crippen molar-refractivity contribution in [3.05, 3.63) is 9.52 Å². The summed E-state index contributed by atoms with van der Waals surface area (Å²) in [6.07, 6.45) is 0. The molecule has 24 heteroatoms. The summed E-state index contributed by atoms with van der Waals surface area (Å²) in [7, 11) is 0. The molecule has 4 nitrogen and oxygen atoms in total. The summed E-state index contributed by atoms with van der Waals surface area (Å²) in [4.78, 5) is -3.52. The summed E-state index contributed by atoms with van der Waals surface area (Å²) in [5, 5.41) is 13.6. The fourth-order valence-electron chi connectivity index (χ4n) is 1.67. The molecule has 0 aromatic heterocycles. The molecule has 0 aromatic carbocycles. The summed E-state index contributed by atoms with van der Waals surface area (Å²) in [5.74, 6) is 0. The van der Waals surface area contributed by atoms with Gasteiger partial charge < -0.3 is 10.2 Å². The van der Waals surface area contributed by atoms with Crippen molar-refractivity contribution < 1.29 is 22.5 Å². The zero-order chi connectivity index (χ0) is 28.7. The van der Waals surface area contributed by atoms with E-state index in [0.717, 1.165) is 0 Å². The van der Waals surface area contributed by atoms with Crippen molar-refractivity contribution >= 4 is 220 Å². The van der Waals surface area contributed by atoms with Gasteiger partial charge in [0.05, 0.1) is 5.03 Å². The molecule has 0 bridgehead atoms. The molecule has 2 N–H and O–H groups in total. The lowest BCUT2D eigenvalue weighted by Crippen LogP contribution is -2.77. The second-order valence-electron chi connectivity index (χ2n) is 5.41. The fraction of sp³-hybridized carbons (Fsp3) is 0.800. The monoisotopic (exact) mass is 867 g/mol. The first-order valence-corrected chi connectivity index (χ1v) is 14.5. The van der Waals surface area contributed by atoms with Crippen LogP contribution in [0.25, 0.3) is 0 Å². The van der Waals surface area contributed by atoms with E-state index in [1.165, 1.54) is 0 Å². The Kier molecular flexibility index (Phi) is 16.1. The first-order valence-electron chi connectivity index (χ1n) is 6.63. The van der Waals surface area contributed by atoms with Gasteiger partial charge >= 0.3 is 0 Å². The van der Waals surface area contributed by atoms with Gasteiger partial charge in [0.25, 0.3) is 11.1 Å². The summed E-state index contributed by atoms with van der Waals surface area (Å²) in [6, 6.07) is 0. The van der Waals surface area contributed by atoms with Crippen LogP contribution in [0.3, 0.4) is 0 Å². The minimum absolute atomic E-state index is 0.880. The lowest BCUT2D eigenvalue weighted by molar-refractivity contribution is 0.0227. The van der Waals surface area contributed by atoms with Crippen LogP contribution in [0.2, 0.25) is 0 Å². The zero-order valence-electron chi connectivity index (χ0n) is 14.3. The Morgan fingerprint density at radius 1 is 0.588 bits per heavy atom. The van der Waals surface area contributed by atoms with Crippen LogP contribution < -0.4 is 0 Å². The molecular weight excluding hydrogens is 873 g/mol. The van der Waals surface area contributed by atoms with Crippen molar-refractivity contribution in [2.45, 2.75) is 35.6 Å². The molecule has 206 valence electrons. The Morgan fingerprint density at radius 2 is 0.882 bits per heavy atom. The average Bonchev–Trinajstić information content (AvgIpc) is 2.56. The molecule has 3 atom stereocenters. The van der Waals surface area contributed by atoms with E-state index >= 15 is 0 Å². The van der Waals surface area contributed by atoms with E-state index in [0.29, 0.717) is 0 Å². The van der Waals surface area contributed by atoms with E-state index in [4.69, 9.17) is 217 Å². The minimum Gasteiger partial charge on any atom is -0.370 e. The third-order valence-electron chi connectivity index (χ3n) is 3.32. The molecule has 0 amide bonds. The number of aliphatic hydroxyl groups is 2. The minimum atomic E-state index is -3.73. The normalized spacial score (nSPS) is 19.4. The standard InChI is InChI=1S/C10H2Cl18O2.FHO2S/c11-1(2(12)13)3(14,29)5(16,17)4(15,9(23,24)25)8(22,30)6(18,19)7(20,21)10(26,27)28;1-4(2)3/h29-30H;4H. The van der Waals surface area contributed by atoms with Gasteiger partial charge in [-0.1, -0.05) is 197 Å². The molecule has 0 aliphatic heterocycles. The number of thiol groups is 1. The van der Waals surface area contributed by atoms with Crippen molar-refractivity contribution in [3.8, 4) is 0 Å². The van der Waals surface area contributed by atoms with E-state index in [1.807, 2.05) is 0 Å². The molecule has 0 rings (SSSR count). The Hall–Kier alpha value is 4.76. The molecule has 0 aliphatic rings. The maximum Gasteiger partial charge on any atom is 0.292 e. The number of alkyl halides is 15. The Morgan fingerprint density at radius 3 is 1.09 bits per heavy atom. The van der Waals surface area contributed by atoms with E-state index in [9.17, 15) is 14.1 Å². The highest BCUT2D eigenvalue weighted by Crippen LogP contribution is 2.72. The van der Waals surface area contributed by atoms with E-state index in [2.05, 4.69) is 0 Å². The summed E-state index contributed by atoms with van der Waals surface area (Å²) in [5.41, 5.74) is 0. The second kappa shape index (κ2) is 13.4. The first kappa shape index (κ1) is 40.9. The largest absolute Gasteiger partial charge is 0.370 e. The topological polar surface area (TPSA) is 74.6 Å². The molecule has 0 heterocycles. The summed E-state index contributed by atoms with van der Waals surface area (Å²) in [6.45, 7) is 0. The predicted molar refractivity (Wildman–Crippen MR) is 150 cm³/mol. The molecular formula is C10H3Cl18FO4S. The average molecular weight is 876 g/mol. The van der Waals surface area contributed by atoms with Gasteiger partial charge in [-0.25, -0.2) is 0 Å². The number of halogens is 19. The van der Waals surface area contributed by atoms with E-state index < -0.39 is 56.2 Å². The lowest BCUT2D eigenvalue weighted by Gasteiger charge is -2.57. The first-order chi connectivity index (χ1) is 14.3. The van der Waals surface area contributed by atoms with E-state index in [1.54, 1.807) is 0 Å². The third-order valence-corrected chi connectivity index (χ3v) is 13.3. The summed E-state index contributed by atoms with van der Waals surface area (Å²) >= 11 is 102. The smallest absolute Gasteiger partial charge is 0.292 e. The molecule has 0 spiro atoms. The highest BCUT2D eigenvalue weighted by Gasteiger charge is 2.84. The Labute approximate surface area is 284 Å². The van der Waals surface area contributed by atoms with Crippen molar-refractivity contribution in [3.63, 3.8) is 0 Å². The fourth-order valence-corrected chi connectivity index (χ4v) is 7.13. The molecule has 0 aromatic rings. The molecule has 0 aliphatic carbocycles. The third kappa shape index (κ3) is 7.77. The molecule has 0 fully saturated rings. The summed E-state index contributed by atoms with van der Waals surface area (Å²) < 4.78 is 10.1. The van der Waals surface area contributed by atoms with Gasteiger partial charge in [-0.3, -0.25) is 0 Å². The van der Waals surface area contributed by atoms with Crippen LogP contribution in [0.15, 0.2) is 9.52 Å². The van der Waals surface area contributed by atoms with Gasteiger partial charge in [-0.15, -0.1) is 15.5 Å². The van der Waals surface area contributed by atoms with Crippen LogP contribution in [0.4, 0.5) is 3.89 Å². The number of hydrogen-bond donors (Lipinski definition) is 3. The van der Waals surface area contributed by atoms with Crippen LogP contribution in [0.5, 0.6) is 0 Å². The van der Waals surface area contributed by atoms with Gasteiger partial charge in [0.2, 0.25) is 22.0 Å². The molecule has 34 heavy (non-hydrogen) atoms. The predicted octanol–water partition coefficient (Wildman–Crippen LogP) is 9.45. The van der Waals surface area contributed by atoms with Crippen molar-refractivity contribution in [1.29, 1.82) is 0 Å². The molecule has 0 saturated carbocycles. The van der Waals surface area contributed by atoms with Gasteiger partial charge in [-0.2, -0.15) is 8.42 Å². The SMILES string of the molecule is O=[SH](=O)F.OC(Cl)(C(Cl)=C(Cl)Cl)C(Cl)(Cl)C(Cl)(C(Cl)(Cl)Cl)C(O)(Cl)C(Cl)(Cl)C(Cl)(Cl)C(Cl)(Cl)Cl. The van der Waals surface area contributed by atoms with Crippen LogP contribution in [-0.2, 0) is 11.1 Å². The van der Waals surface area contributed by atoms with Crippen LogP contribution in [0.1, 0.15) is 0 Å². The van der Waals surface area contributed by atoms with Gasteiger partial charge in [0, 0.05) is 0 Å². The molecule has 0 saturated heterocycles.